The quantitative estimate of drug-likeness (QED) is 0.725. The molecular weight excluding hydrogens is 312 g/mol. The number of hydrogen-bond donors (Lipinski definition) is 2. The molecule has 0 atom stereocenters. The number of aromatic nitrogens is 1. The van der Waals surface area contributed by atoms with E-state index in [2.05, 4.69) is 10.3 Å². The smallest absolute Gasteiger partial charge is 0.234 e. The van der Waals surface area contributed by atoms with E-state index in [-0.39, 0.29) is 5.91 Å². The number of benzene rings is 2. The molecule has 3 rings (SSSR count). The maximum Gasteiger partial charge on any atom is 0.234 e. The highest BCUT2D eigenvalue weighted by molar-refractivity contribution is 6.02. The van der Waals surface area contributed by atoms with E-state index in [1.54, 1.807) is 7.11 Å². The van der Waals surface area contributed by atoms with Crippen molar-refractivity contribution >= 4 is 22.5 Å². The van der Waals surface area contributed by atoms with E-state index in [4.69, 9.17) is 4.74 Å². The number of aromatic amines is 1. The number of ether oxygens (including phenoxy) is 1. The molecule has 0 spiro atoms. The second-order valence-corrected chi connectivity index (χ2v) is 7.01. The third kappa shape index (κ3) is 3.12. The first kappa shape index (κ1) is 17.1. The SMILES string of the molecule is COc1ccc2[nH]cc(C(C)(C)C(=O)Nc3cc(C)ccc3C)c2c1. The summed E-state index contributed by atoms with van der Waals surface area (Å²) in [5.74, 6) is 0.740. The lowest BCUT2D eigenvalue weighted by Crippen LogP contribution is -2.34. The monoisotopic (exact) mass is 336 g/mol. The van der Waals surface area contributed by atoms with Gasteiger partial charge in [-0.05, 0) is 68.7 Å². The molecule has 4 nitrogen and oxygen atoms in total. The van der Waals surface area contributed by atoms with E-state index in [0.717, 1.165) is 39.0 Å². The molecule has 0 aliphatic carbocycles. The van der Waals surface area contributed by atoms with E-state index in [9.17, 15) is 4.79 Å². The topological polar surface area (TPSA) is 54.1 Å². The summed E-state index contributed by atoms with van der Waals surface area (Å²) in [5, 5.41) is 4.09. The summed E-state index contributed by atoms with van der Waals surface area (Å²) in [5.41, 5.74) is 4.27. The molecule has 25 heavy (non-hydrogen) atoms. The fourth-order valence-electron chi connectivity index (χ4n) is 3.02. The minimum absolute atomic E-state index is 0.0371. The van der Waals surface area contributed by atoms with Crippen LogP contribution in [0, 0.1) is 13.8 Å². The fraction of sp³-hybridized carbons (Fsp3) is 0.286. The Balaban J connectivity index is 1.98. The standard InChI is InChI=1S/C21H24N2O2/c1-13-6-7-14(2)19(10-13)23-20(24)21(3,4)17-12-22-18-9-8-15(25-5)11-16(17)18/h6-12,22H,1-5H3,(H,23,24). The number of aryl methyl sites for hydroxylation is 2. The number of carbonyl (C=O) groups is 1. The first-order chi connectivity index (χ1) is 11.8. The molecule has 1 heterocycles. The number of H-pyrrole nitrogens is 1. The molecule has 2 N–H and O–H groups in total. The molecule has 1 aromatic heterocycles. The molecule has 2 aromatic carbocycles. The molecule has 0 saturated heterocycles. The lowest BCUT2D eigenvalue weighted by atomic mass is 9.83. The summed E-state index contributed by atoms with van der Waals surface area (Å²) in [6.07, 6.45) is 1.91. The Labute approximate surface area is 148 Å². The summed E-state index contributed by atoms with van der Waals surface area (Å²) in [6.45, 7) is 7.90. The molecule has 0 aliphatic rings. The average Bonchev–Trinajstić information content (AvgIpc) is 3.01. The van der Waals surface area contributed by atoms with Crippen LogP contribution in [0.25, 0.3) is 10.9 Å². The van der Waals surface area contributed by atoms with Crippen LogP contribution in [0.2, 0.25) is 0 Å². The molecule has 4 heteroatoms. The van der Waals surface area contributed by atoms with Crippen molar-refractivity contribution in [1.82, 2.24) is 4.98 Å². The summed E-state index contributed by atoms with van der Waals surface area (Å²) in [4.78, 5) is 16.3. The highest BCUT2D eigenvalue weighted by atomic mass is 16.5. The number of rotatable bonds is 4. The van der Waals surface area contributed by atoms with Crippen LogP contribution in [0.4, 0.5) is 5.69 Å². The minimum atomic E-state index is -0.694. The van der Waals surface area contributed by atoms with Crippen LogP contribution in [0.15, 0.2) is 42.6 Å². The second kappa shape index (κ2) is 6.28. The number of nitrogens with one attached hydrogen (secondary N) is 2. The van der Waals surface area contributed by atoms with Gasteiger partial charge in [-0.15, -0.1) is 0 Å². The zero-order valence-electron chi connectivity index (χ0n) is 15.4. The summed E-state index contributed by atoms with van der Waals surface area (Å²) in [7, 11) is 1.64. The molecule has 1 amide bonds. The third-order valence-corrected chi connectivity index (χ3v) is 4.77. The van der Waals surface area contributed by atoms with Gasteiger partial charge in [0.15, 0.2) is 0 Å². The second-order valence-electron chi connectivity index (χ2n) is 7.01. The van der Waals surface area contributed by atoms with E-state index >= 15 is 0 Å². The molecule has 0 aliphatic heterocycles. The van der Waals surface area contributed by atoms with Gasteiger partial charge in [0.05, 0.1) is 12.5 Å². The van der Waals surface area contributed by atoms with Gasteiger partial charge in [0.25, 0.3) is 0 Å². The minimum Gasteiger partial charge on any atom is -0.497 e. The number of methoxy groups -OCH3 is 1. The summed E-state index contributed by atoms with van der Waals surface area (Å²) < 4.78 is 5.33. The summed E-state index contributed by atoms with van der Waals surface area (Å²) >= 11 is 0. The van der Waals surface area contributed by atoms with Crippen LogP contribution in [-0.4, -0.2) is 18.0 Å². The normalized spacial score (nSPS) is 11.6. The number of fused-ring (bicyclic) bond motifs is 1. The zero-order valence-corrected chi connectivity index (χ0v) is 15.4. The van der Waals surface area contributed by atoms with Crippen molar-refractivity contribution in [2.45, 2.75) is 33.1 Å². The van der Waals surface area contributed by atoms with Gasteiger partial charge in [-0.25, -0.2) is 0 Å². The highest BCUT2D eigenvalue weighted by Crippen LogP contribution is 2.33. The number of hydrogen-bond acceptors (Lipinski definition) is 2. The van der Waals surface area contributed by atoms with Crippen molar-refractivity contribution < 1.29 is 9.53 Å². The van der Waals surface area contributed by atoms with Crippen LogP contribution in [0.5, 0.6) is 5.75 Å². The van der Waals surface area contributed by atoms with Gasteiger partial charge >= 0.3 is 0 Å². The van der Waals surface area contributed by atoms with Gasteiger partial charge in [0.2, 0.25) is 5.91 Å². The molecule has 0 unspecified atom stereocenters. The lowest BCUT2D eigenvalue weighted by molar-refractivity contribution is -0.120. The highest BCUT2D eigenvalue weighted by Gasteiger charge is 2.32. The van der Waals surface area contributed by atoms with Crippen LogP contribution in [0.1, 0.15) is 30.5 Å². The van der Waals surface area contributed by atoms with Crippen molar-refractivity contribution in [3.8, 4) is 5.75 Å². The largest absolute Gasteiger partial charge is 0.497 e. The van der Waals surface area contributed by atoms with Crippen molar-refractivity contribution in [2.75, 3.05) is 12.4 Å². The van der Waals surface area contributed by atoms with Gasteiger partial charge in [0, 0.05) is 22.8 Å². The molecule has 0 saturated carbocycles. The van der Waals surface area contributed by atoms with Gasteiger partial charge in [0.1, 0.15) is 5.75 Å². The van der Waals surface area contributed by atoms with Crippen molar-refractivity contribution in [1.29, 1.82) is 0 Å². The predicted octanol–water partition coefficient (Wildman–Crippen LogP) is 4.71. The van der Waals surface area contributed by atoms with E-state index < -0.39 is 5.41 Å². The maximum absolute atomic E-state index is 13.0. The maximum atomic E-state index is 13.0. The van der Waals surface area contributed by atoms with Gasteiger partial charge in [-0.2, -0.15) is 0 Å². The predicted molar refractivity (Wildman–Crippen MR) is 102 cm³/mol. The molecule has 0 fully saturated rings. The van der Waals surface area contributed by atoms with E-state index in [1.807, 2.05) is 70.3 Å². The van der Waals surface area contributed by atoms with Gasteiger partial charge in [-0.3, -0.25) is 4.79 Å². The first-order valence-electron chi connectivity index (χ1n) is 8.37. The molecule has 130 valence electrons. The summed E-state index contributed by atoms with van der Waals surface area (Å²) in [6, 6.07) is 11.9. The van der Waals surface area contributed by atoms with E-state index in [0.29, 0.717) is 0 Å². The molecule has 0 radical (unpaired) electrons. The van der Waals surface area contributed by atoms with Crippen LogP contribution in [-0.2, 0) is 10.2 Å². The van der Waals surface area contributed by atoms with E-state index in [1.165, 1.54) is 0 Å². The molecule has 3 aromatic rings. The molecule has 0 bridgehead atoms. The third-order valence-electron chi connectivity index (χ3n) is 4.77. The average molecular weight is 336 g/mol. The Bertz CT molecular complexity index is 938. The molecular formula is C21H24N2O2. The fourth-order valence-corrected chi connectivity index (χ4v) is 3.02. The zero-order chi connectivity index (χ0) is 18.2. The van der Waals surface area contributed by atoms with Crippen LogP contribution >= 0.6 is 0 Å². The number of carbonyl (C=O) groups excluding carboxylic acids is 1. The van der Waals surface area contributed by atoms with Gasteiger partial charge < -0.3 is 15.0 Å². The Morgan fingerprint density at radius 3 is 2.60 bits per heavy atom. The van der Waals surface area contributed by atoms with Crippen LogP contribution in [0.3, 0.4) is 0 Å². The van der Waals surface area contributed by atoms with Crippen molar-refractivity contribution in [2.24, 2.45) is 0 Å². The first-order valence-corrected chi connectivity index (χ1v) is 8.37. The Hall–Kier alpha value is -2.75. The van der Waals surface area contributed by atoms with Crippen LogP contribution < -0.4 is 10.1 Å². The Kier molecular flexibility index (Phi) is 4.29. The lowest BCUT2D eigenvalue weighted by Gasteiger charge is -2.24. The Morgan fingerprint density at radius 2 is 1.88 bits per heavy atom. The number of anilines is 1. The van der Waals surface area contributed by atoms with Crippen molar-refractivity contribution in [3.63, 3.8) is 0 Å². The Morgan fingerprint density at radius 1 is 1.12 bits per heavy atom. The van der Waals surface area contributed by atoms with Gasteiger partial charge in [-0.1, -0.05) is 12.1 Å². The number of amides is 1. The van der Waals surface area contributed by atoms with Crippen molar-refractivity contribution in [3.05, 3.63) is 59.3 Å².